The van der Waals surface area contributed by atoms with Crippen molar-refractivity contribution < 1.29 is 18.0 Å². The van der Waals surface area contributed by atoms with Crippen molar-refractivity contribution in [1.29, 1.82) is 0 Å². The number of carbonyl (C=O) groups is 2. The fourth-order valence-corrected chi connectivity index (χ4v) is 6.70. The average molecular weight is 475 g/mol. The Kier molecular flexibility index (Phi) is 5.98. The highest BCUT2D eigenvalue weighted by Crippen LogP contribution is 2.36. The number of rotatable bonds is 6. The highest BCUT2D eigenvalue weighted by Gasteiger charge is 2.49. The van der Waals surface area contributed by atoms with E-state index in [9.17, 15) is 18.0 Å². The van der Waals surface area contributed by atoms with E-state index >= 15 is 0 Å². The van der Waals surface area contributed by atoms with Crippen LogP contribution in [0.4, 0.5) is 5.69 Å². The summed E-state index contributed by atoms with van der Waals surface area (Å²) in [5, 5.41) is 2.14. The number of sulfonamides is 1. The first-order valence-corrected chi connectivity index (χ1v) is 12.2. The maximum Gasteiger partial charge on any atom is 0.253 e. The first-order valence-electron chi connectivity index (χ1n) is 9.55. The van der Waals surface area contributed by atoms with Crippen LogP contribution in [-0.4, -0.2) is 30.6 Å². The van der Waals surface area contributed by atoms with Gasteiger partial charge in [0.1, 0.15) is 10.3 Å². The minimum atomic E-state index is -4.03. The van der Waals surface area contributed by atoms with E-state index in [1.165, 1.54) is 10.4 Å². The Hall–Kier alpha value is -2.52. The Bertz CT molecular complexity index is 1200. The summed E-state index contributed by atoms with van der Waals surface area (Å²) in [4.78, 5) is 27.2. The van der Waals surface area contributed by atoms with E-state index in [-0.39, 0.29) is 10.6 Å². The minimum absolute atomic E-state index is 0.125. The van der Waals surface area contributed by atoms with Crippen LogP contribution in [0, 0.1) is 0 Å². The molecule has 2 heterocycles. The molecule has 1 saturated heterocycles. The zero-order chi connectivity index (χ0) is 22.2. The van der Waals surface area contributed by atoms with E-state index in [2.05, 4.69) is 0 Å². The molecule has 2 unspecified atom stereocenters. The van der Waals surface area contributed by atoms with Crippen molar-refractivity contribution in [1.82, 2.24) is 4.31 Å². The summed E-state index contributed by atoms with van der Waals surface area (Å²) >= 11 is 7.00. The molecule has 0 radical (unpaired) electrons. The third-order valence-corrected chi connectivity index (χ3v) is 8.81. The van der Waals surface area contributed by atoms with Crippen LogP contribution in [0.15, 0.2) is 76.3 Å². The minimum Gasteiger partial charge on any atom is -0.274 e. The SMILES string of the molecule is CC(c1ccccc1)N(C1CC(=O)N(c2ccc(Cl)cc2)C1=O)S(=O)(=O)c1cccs1. The molecule has 4 rings (SSSR count). The molecule has 1 aliphatic heterocycles. The Morgan fingerprint density at radius 2 is 1.71 bits per heavy atom. The van der Waals surface area contributed by atoms with Gasteiger partial charge in [-0.3, -0.25) is 9.59 Å². The topological polar surface area (TPSA) is 74.8 Å². The van der Waals surface area contributed by atoms with E-state index in [0.717, 1.165) is 21.8 Å². The summed E-state index contributed by atoms with van der Waals surface area (Å²) in [6, 6.07) is 16.7. The molecule has 2 amide bonds. The van der Waals surface area contributed by atoms with Crippen LogP contribution in [0.25, 0.3) is 0 Å². The van der Waals surface area contributed by atoms with Crippen molar-refractivity contribution in [2.24, 2.45) is 0 Å². The summed E-state index contributed by atoms with van der Waals surface area (Å²) < 4.78 is 28.4. The van der Waals surface area contributed by atoms with Crippen LogP contribution < -0.4 is 4.90 Å². The summed E-state index contributed by atoms with van der Waals surface area (Å²) in [5.74, 6) is -1.03. The molecule has 0 N–H and O–H groups in total. The zero-order valence-electron chi connectivity index (χ0n) is 16.5. The number of hydrogen-bond donors (Lipinski definition) is 0. The Morgan fingerprint density at radius 3 is 2.32 bits per heavy atom. The molecule has 0 bridgehead atoms. The van der Waals surface area contributed by atoms with Gasteiger partial charge >= 0.3 is 0 Å². The second kappa shape index (κ2) is 8.55. The molecule has 1 fully saturated rings. The number of carbonyl (C=O) groups excluding carboxylic acids is 2. The van der Waals surface area contributed by atoms with Gasteiger partial charge in [0.05, 0.1) is 12.1 Å². The summed E-state index contributed by atoms with van der Waals surface area (Å²) in [6.07, 6.45) is -0.233. The lowest BCUT2D eigenvalue weighted by Crippen LogP contribution is -2.46. The fraction of sp³-hybridized carbons (Fsp3) is 0.182. The predicted molar refractivity (Wildman–Crippen MR) is 121 cm³/mol. The van der Waals surface area contributed by atoms with Crippen LogP contribution in [0.5, 0.6) is 0 Å². The molecule has 0 spiro atoms. The van der Waals surface area contributed by atoms with Gasteiger partial charge in [0.25, 0.3) is 15.9 Å². The second-order valence-electron chi connectivity index (χ2n) is 7.12. The third-order valence-electron chi connectivity index (χ3n) is 5.21. The van der Waals surface area contributed by atoms with Crippen LogP contribution in [-0.2, 0) is 19.6 Å². The lowest BCUT2D eigenvalue weighted by molar-refractivity contribution is -0.122. The number of nitrogens with zero attached hydrogens (tertiary/aromatic N) is 2. The van der Waals surface area contributed by atoms with Gasteiger partial charge < -0.3 is 0 Å². The standard InChI is InChI=1S/C22H19ClN2O4S2/c1-15(16-6-3-2-4-7-16)25(31(28,29)21-8-5-13-30-21)19-14-20(26)24(22(19)27)18-11-9-17(23)10-12-18/h2-13,15,19H,14H2,1H3. The number of anilines is 1. The van der Waals surface area contributed by atoms with Gasteiger partial charge in [-0.15, -0.1) is 11.3 Å². The average Bonchev–Trinajstić information content (AvgIpc) is 3.39. The first kappa shape index (κ1) is 21.7. The molecule has 2 atom stereocenters. The van der Waals surface area contributed by atoms with Gasteiger partial charge in [0, 0.05) is 11.1 Å². The van der Waals surface area contributed by atoms with Crippen LogP contribution in [0.3, 0.4) is 0 Å². The Morgan fingerprint density at radius 1 is 1.03 bits per heavy atom. The highest BCUT2D eigenvalue weighted by atomic mass is 35.5. The van der Waals surface area contributed by atoms with Gasteiger partial charge in [0.2, 0.25) is 5.91 Å². The fourth-order valence-electron chi connectivity index (χ4n) is 3.71. The molecular weight excluding hydrogens is 456 g/mol. The summed E-state index contributed by atoms with van der Waals surface area (Å²) in [6.45, 7) is 1.73. The van der Waals surface area contributed by atoms with Crippen molar-refractivity contribution in [2.45, 2.75) is 29.6 Å². The predicted octanol–water partition coefficient (Wildman–Crippen LogP) is 4.49. The van der Waals surface area contributed by atoms with Crippen molar-refractivity contribution in [3.8, 4) is 0 Å². The van der Waals surface area contributed by atoms with Crippen molar-refractivity contribution in [3.63, 3.8) is 0 Å². The molecule has 3 aromatic rings. The molecule has 0 saturated carbocycles. The maximum absolute atomic E-state index is 13.6. The normalized spacial score (nSPS) is 18.0. The van der Waals surface area contributed by atoms with Gasteiger partial charge in [-0.05, 0) is 48.2 Å². The molecule has 31 heavy (non-hydrogen) atoms. The van der Waals surface area contributed by atoms with E-state index in [1.54, 1.807) is 54.8 Å². The first-order chi connectivity index (χ1) is 14.8. The van der Waals surface area contributed by atoms with Crippen molar-refractivity contribution in [3.05, 3.63) is 82.7 Å². The number of hydrogen-bond acceptors (Lipinski definition) is 5. The van der Waals surface area contributed by atoms with Gasteiger partial charge in [-0.25, -0.2) is 13.3 Å². The number of benzene rings is 2. The van der Waals surface area contributed by atoms with Gasteiger partial charge in [0.15, 0.2) is 0 Å². The van der Waals surface area contributed by atoms with Crippen LogP contribution in [0.2, 0.25) is 5.02 Å². The Balaban J connectivity index is 1.78. The Labute approximate surface area is 189 Å². The molecule has 6 nitrogen and oxygen atoms in total. The van der Waals surface area contributed by atoms with E-state index in [1.807, 2.05) is 18.2 Å². The molecule has 1 aromatic heterocycles. The molecule has 1 aliphatic rings. The largest absolute Gasteiger partial charge is 0.274 e. The number of thiophene rings is 1. The monoisotopic (exact) mass is 474 g/mol. The summed E-state index contributed by atoms with van der Waals surface area (Å²) in [5.41, 5.74) is 1.09. The molecule has 0 aliphatic carbocycles. The number of imide groups is 1. The van der Waals surface area contributed by atoms with Gasteiger partial charge in [-0.1, -0.05) is 48.0 Å². The van der Waals surface area contributed by atoms with Crippen molar-refractivity contribution in [2.75, 3.05) is 4.90 Å². The lowest BCUT2D eigenvalue weighted by Gasteiger charge is -2.32. The molecule has 9 heteroatoms. The number of halogens is 1. The smallest absolute Gasteiger partial charge is 0.253 e. The number of amides is 2. The van der Waals surface area contributed by atoms with E-state index < -0.39 is 33.9 Å². The van der Waals surface area contributed by atoms with Gasteiger partial charge in [-0.2, -0.15) is 4.31 Å². The lowest BCUT2D eigenvalue weighted by atomic mass is 10.1. The van der Waals surface area contributed by atoms with E-state index in [4.69, 9.17) is 11.6 Å². The quantitative estimate of drug-likeness (QED) is 0.493. The summed E-state index contributed by atoms with van der Waals surface area (Å²) in [7, 11) is -4.03. The molecule has 2 aromatic carbocycles. The van der Waals surface area contributed by atoms with Crippen LogP contribution >= 0.6 is 22.9 Å². The van der Waals surface area contributed by atoms with E-state index in [0.29, 0.717) is 10.7 Å². The maximum atomic E-state index is 13.6. The molecular formula is C22H19ClN2O4S2. The zero-order valence-corrected chi connectivity index (χ0v) is 18.9. The highest BCUT2D eigenvalue weighted by molar-refractivity contribution is 7.91. The molecule has 160 valence electrons. The van der Waals surface area contributed by atoms with Crippen LogP contribution in [0.1, 0.15) is 24.9 Å². The second-order valence-corrected chi connectivity index (χ2v) is 10.6. The third kappa shape index (κ3) is 4.04. The van der Waals surface area contributed by atoms with Crippen molar-refractivity contribution >= 4 is 50.5 Å².